The van der Waals surface area contributed by atoms with Gasteiger partial charge in [-0.25, -0.2) is 0 Å². The van der Waals surface area contributed by atoms with Crippen LogP contribution < -0.4 is 10.2 Å². The summed E-state index contributed by atoms with van der Waals surface area (Å²) in [4.78, 5) is 37.9. The number of aryl methyl sites for hydroxylation is 1. The molecule has 0 spiro atoms. The molecule has 27 heavy (non-hydrogen) atoms. The van der Waals surface area contributed by atoms with E-state index in [0.717, 1.165) is 16.8 Å². The molecule has 0 radical (unpaired) electrons. The minimum atomic E-state index is -0.507. The van der Waals surface area contributed by atoms with Crippen LogP contribution in [0, 0.1) is 12.8 Å². The summed E-state index contributed by atoms with van der Waals surface area (Å²) in [5.74, 6) is -1.38. The van der Waals surface area contributed by atoms with Crippen molar-refractivity contribution < 1.29 is 19.1 Å². The van der Waals surface area contributed by atoms with Crippen molar-refractivity contribution in [3.8, 4) is 0 Å². The van der Waals surface area contributed by atoms with Gasteiger partial charge in [-0.05, 0) is 24.6 Å². The standard InChI is InChI=1S/C21H22N2O4/c1-15-7-9-18(10-8-15)23-13-17(11-19(23)24)21(26)22-12-20(25)27-14-16-5-3-2-4-6-16/h2-10,17H,11-14H2,1H3,(H,22,26). The van der Waals surface area contributed by atoms with Crippen LogP contribution in [0.2, 0.25) is 0 Å². The Bertz CT molecular complexity index is 818. The number of ether oxygens (including phenoxy) is 1. The number of amides is 2. The molecule has 1 N–H and O–H groups in total. The van der Waals surface area contributed by atoms with E-state index in [4.69, 9.17) is 4.74 Å². The zero-order valence-electron chi connectivity index (χ0n) is 15.2. The van der Waals surface area contributed by atoms with Gasteiger partial charge >= 0.3 is 5.97 Å². The van der Waals surface area contributed by atoms with Crippen LogP contribution >= 0.6 is 0 Å². The van der Waals surface area contributed by atoms with Crippen LogP contribution in [0.1, 0.15) is 17.5 Å². The van der Waals surface area contributed by atoms with Crippen molar-refractivity contribution in [2.24, 2.45) is 5.92 Å². The monoisotopic (exact) mass is 366 g/mol. The van der Waals surface area contributed by atoms with E-state index >= 15 is 0 Å². The Kier molecular flexibility index (Phi) is 5.86. The van der Waals surface area contributed by atoms with Gasteiger partial charge in [-0.15, -0.1) is 0 Å². The molecular weight excluding hydrogens is 344 g/mol. The molecule has 2 aromatic rings. The second kappa shape index (κ2) is 8.49. The molecule has 1 aliphatic rings. The first kappa shape index (κ1) is 18.6. The number of carbonyl (C=O) groups is 3. The molecule has 1 heterocycles. The van der Waals surface area contributed by atoms with Crippen molar-refractivity contribution >= 4 is 23.5 Å². The van der Waals surface area contributed by atoms with E-state index in [1.54, 1.807) is 4.90 Å². The lowest BCUT2D eigenvalue weighted by molar-refractivity contribution is -0.145. The largest absolute Gasteiger partial charge is 0.460 e. The first-order valence-electron chi connectivity index (χ1n) is 8.87. The number of rotatable bonds is 6. The fourth-order valence-corrected chi connectivity index (χ4v) is 2.95. The Morgan fingerprint density at radius 3 is 2.52 bits per heavy atom. The van der Waals surface area contributed by atoms with Crippen molar-refractivity contribution in [2.45, 2.75) is 20.0 Å². The predicted molar refractivity (Wildman–Crippen MR) is 101 cm³/mol. The number of hydrogen-bond donors (Lipinski definition) is 1. The highest BCUT2D eigenvalue weighted by Crippen LogP contribution is 2.25. The van der Waals surface area contributed by atoms with Crippen molar-refractivity contribution in [3.05, 3.63) is 65.7 Å². The van der Waals surface area contributed by atoms with Crippen LogP contribution in [-0.2, 0) is 25.7 Å². The van der Waals surface area contributed by atoms with Gasteiger partial charge in [0.25, 0.3) is 0 Å². The molecule has 0 aromatic heterocycles. The molecule has 2 amide bonds. The van der Waals surface area contributed by atoms with Gasteiger partial charge < -0.3 is 15.0 Å². The normalized spacial score (nSPS) is 16.3. The average molecular weight is 366 g/mol. The first-order valence-corrected chi connectivity index (χ1v) is 8.87. The third-order valence-electron chi connectivity index (χ3n) is 4.49. The van der Waals surface area contributed by atoms with Gasteiger partial charge in [0, 0.05) is 18.7 Å². The Morgan fingerprint density at radius 2 is 1.81 bits per heavy atom. The van der Waals surface area contributed by atoms with Crippen molar-refractivity contribution in [3.63, 3.8) is 0 Å². The third kappa shape index (κ3) is 4.94. The van der Waals surface area contributed by atoms with Gasteiger partial charge in [-0.1, -0.05) is 48.0 Å². The second-order valence-corrected chi connectivity index (χ2v) is 6.61. The Balaban J connectivity index is 1.46. The lowest BCUT2D eigenvalue weighted by Gasteiger charge is -2.17. The predicted octanol–water partition coefficient (Wildman–Crippen LogP) is 2.21. The SMILES string of the molecule is Cc1ccc(N2CC(C(=O)NCC(=O)OCc3ccccc3)CC2=O)cc1. The number of nitrogens with one attached hydrogen (secondary N) is 1. The Morgan fingerprint density at radius 1 is 1.11 bits per heavy atom. The van der Waals surface area contributed by atoms with E-state index in [-0.39, 0.29) is 31.4 Å². The third-order valence-corrected chi connectivity index (χ3v) is 4.49. The van der Waals surface area contributed by atoms with E-state index in [1.807, 2.05) is 61.5 Å². The molecule has 1 fully saturated rings. The van der Waals surface area contributed by atoms with Gasteiger partial charge in [-0.3, -0.25) is 14.4 Å². The number of benzene rings is 2. The second-order valence-electron chi connectivity index (χ2n) is 6.61. The summed E-state index contributed by atoms with van der Waals surface area (Å²) < 4.78 is 5.13. The summed E-state index contributed by atoms with van der Waals surface area (Å²) in [6.07, 6.45) is 0.138. The summed E-state index contributed by atoms with van der Waals surface area (Å²) in [6, 6.07) is 16.9. The van der Waals surface area contributed by atoms with Crippen molar-refractivity contribution in [1.29, 1.82) is 0 Å². The molecule has 6 heteroatoms. The van der Waals surface area contributed by atoms with Gasteiger partial charge in [-0.2, -0.15) is 0 Å². The molecule has 140 valence electrons. The fraction of sp³-hybridized carbons (Fsp3) is 0.286. The molecule has 0 saturated carbocycles. The molecule has 6 nitrogen and oxygen atoms in total. The van der Waals surface area contributed by atoms with Gasteiger partial charge in [0.2, 0.25) is 11.8 Å². The fourth-order valence-electron chi connectivity index (χ4n) is 2.95. The zero-order chi connectivity index (χ0) is 19.2. The highest BCUT2D eigenvalue weighted by molar-refractivity contribution is 6.00. The molecule has 0 bridgehead atoms. The minimum absolute atomic E-state index is 0.0920. The van der Waals surface area contributed by atoms with Crippen LogP contribution in [0.25, 0.3) is 0 Å². The lowest BCUT2D eigenvalue weighted by Crippen LogP contribution is -2.36. The molecule has 2 aromatic carbocycles. The van der Waals surface area contributed by atoms with Gasteiger partial charge in [0.15, 0.2) is 0 Å². The highest BCUT2D eigenvalue weighted by atomic mass is 16.5. The van der Waals surface area contributed by atoms with Crippen LogP contribution in [0.3, 0.4) is 0 Å². The van der Waals surface area contributed by atoms with Crippen molar-refractivity contribution in [2.75, 3.05) is 18.0 Å². The van der Waals surface area contributed by atoms with Crippen LogP contribution in [0.5, 0.6) is 0 Å². The van der Waals surface area contributed by atoms with E-state index in [1.165, 1.54) is 0 Å². The maximum atomic E-state index is 12.3. The minimum Gasteiger partial charge on any atom is -0.460 e. The maximum Gasteiger partial charge on any atom is 0.325 e. The lowest BCUT2D eigenvalue weighted by atomic mass is 10.1. The Labute approximate surface area is 158 Å². The summed E-state index contributed by atoms with van der Waals surface area (Å²) >= 11 is 0. The number of nitrogens with zero attached hydrogens (tertiary/aromatic N) is 1. The van der Waals surface area contributed by atoms with Crippen LogP contribution in [0.15, 0.2) is 54.6 Å². The number of hydrogen-bond acceptors (Lipinski definition) is 4. The maximum absolute atomic E-state index is 12.3. The quantitative estimate of drug-likeness (QED) is 0.796. The zero-order valence-corrected chi connectivity index (χ0v) is 15.2. The molecule has 0 aliphatic carbocycles. The summed E-state index contributed by atoms with van der Waals surface area (Å²) in [6.45, 7) is 2.25. The first-order chi connectivity index (χ1) is 13.0. The van der Waals surface area contributed by atoms with E-state index in [9.17, 15) is 14.4 Å². The average Bonchev–Trinajstić information content (AvgIpc) is 3.07. The van der Waals surface area contributed by atoms with E-state index < -0.39 is 11.9 Å². The molecule has 1 saturated heterocycles. The van der Waals surface area contributed by atoms with Crippen LogP contribution in [-0.4, -0.2) is 30.9 Å². The number of anilines is 1. The molecule has 1 aliphatic heterocycles. The number of carbonyl (C=O) groups excluding carboxylic acids is 3. The summed E-state index contributed by atoms with van der Waals surface area (Å²) in [7, 11) is 0. The molecule has 3 rings (SSSR count). The van der Waals surface area contributed by atoms with E-state index in [0.29, 0.717) is 6.54 Å². The topological polar surface area (TPSA) is 75.7 Å². The van der Waals surface area contributed by atoms with Crippen LogP contribution in [0.4, 0.5) is 5.69 Å². The summed E-state index contributed by atoms with van der Waals surface area (Å²) in [5, 5.41) is 2.57. The smallest absolute Gasteiger partial charge is 0.325 e. The van der Waals surface area contributed by atoms with Gasteiger partial charge in [0.1, 0.15) is 13.2 Å². The summed E-state index contributed by atoms with van der Waals surface area (Å²) in [5.41, 5.74) is 2.77. The Hall–Kier alpha value is -3.15. The van der Waals surface area contributed by atoms with Gasteiger partial charge in [0.05, 0.1) is 5.92 Å². The highest BCUT2D eigenvalue weighted by Gasteiger charge is 2.35. The van der Waals surface area contributed by atoms with E-state index in [2.05, 4.69) is 5.32 Å². The number of esters is 1. The molecular formula is C21H22N2O4. The molecule has 1 unspecified atom stereocenters. The molecule has 1 atom stereocenters. The van der Waals surface area contributed by atoms with Crippen molar-refractivity contribution in [1.82, 2.24) is 5.32 Å².